The normalized spacial score (nSPS) is 19.9. The monoisotopic (exact) mass is 242 g/mol. The van der Waals surface area contributed by atoms with E-state index in [2.05, 4.69) is 0 Å². The van der Waals surface area contributed by atoms with Gasteiger partial charge in [0.05, 0.1) is 19.3 Å². The highest BCUT2D eigenvalue weighted by molar-refractivity contribution is 7.10. The molecule has 1 aromatic heterocycles. The Morgan fingerprint density at radius 1 is 1.50 bits per heavy atom. The van der Waals surface area contributed by atoms with Gasteiger partial charge in [0.15, 0.2) is 6.29 Å². The molecule has 1 aliphatic rings. The zero-order valence-electron chi connectivity index (χ0n) is 9.52. The molecule has 0 spiro atoms. The minimum absolute atomic E-state index is 0.122. The number of rotatable bonds is 4. The summed E-state index contributed by atoms with van der Waals surface area (Å²) in [4.78, 5) is 1.07. The Bertz CT molecular complexity index is 318. The van der Waals surface area contributed by atoms with Crippen LogP contribution in [0.3, 0.4) is 0 Å². The largest absolute Gasteiger partial charge is 0.388 e. The minimum Gasteiger partial charge on any atom is -0.388 e. The molecule has 90 valence electrons. The molecule has 0 bridgehead atoms. The summed E-state index contributed by atoms with van der Waals surface area (Å²) in [5.41, 5.74) is 1.17. The molecule has 2 heterocycles. The molecule has 1 saturated heterocycles. The van der Waals surface area contributed by atoms with Gasteiger partial charge in [-0.3, -0.25) is 0 Å². The van der Waals surface area contributed by atoms with Gasteiger partial charge in [-0.15, -0.1) is 11.3 Å². The van der Waals surface area contributed by atoms with Gasteiger partial charge in [0.25, 0.3) is 0 Å². The van der Waals surface area contributed by atoms with Crippen LogP contribution in [0.2, 0.25) is 0 Å². The molecule has 16 heavy (non-hydrogen) atoms. The lowest BCUT2D eigenvalue weighted by atomic mass is 10.1. The Morgan fingerprint density at radius 3 is 2.88 bits per heavy atom. The van der Waals surface area contributed by atoms with Crippen molar-refractivity contribution in [2.24, 2.45) is 0 Å². The van der Waals surface area contributed by atoms with Gasteiger partial charge in [0.1, 0.15) is 0 Å². The fourth-order valence-electron chi connectivity index (χ4n) is 1.85. The van der Waals surface area contributed by atoms with E-state index in [1.807, 2.05) is 18.4 Å². The summed E-state index contributed by atoms with van der Waals surface area (Å²) in [5, 5.41) is 12.0. The standard InChI is InChI=1S/C12H18O3S/c1-9-5-8-16-12(9)10(13)3-4-11-14-6-2-7-15-11/h5,8,10-11,13H,2-4,6-7H2,1H3/t10-/m0/s1. The molecule has 3 nitrogen and oxygen atoms in total. The van der Waals surface area contributed by atoms with E-state index in [1.54, 1.807) is 11.3 Å². The lowest BCUT2D eigenvalue weighted by molar-refractivity contribution is -0.183. The molecule has 1 fully saturated rings. The van der Waals surface area contributed by atoms with Crippen LogP contribution in [0.4, 0.5) is 0 Å². The number of aliphatic hydroxyl groups is 1. The molecule has 1 aliphatic heterocycles. The van der Waals surface area contributed by atoms with Crippen molar-refractivity contribution in [1.82, 2.24) is 0 Å². The first-order valence-electron chi connectivity index (χ1n) is 5.72. The predicted molar refractivity (Wildman–Crippen MR) is 63.6 cm³/mol. The van der Waals surface area contributed by atoms with Crippen LogP contribution >= 0.6 is 11.3 Å². The third-order valence-corrected chi connectivity index (χ3v) is 3.90. The van der Waals surface area contributed by atoms with Gasteiger partial charge in [0.2, 0.25) is 0 Å². The summed E-state index contributed by atoms with van der Waals surface area (Å²) in [6.45, 7) is 3.58. The molecule has 0 aliphatic carbocycles. The highest BCUT2D eigenvalue weighted by Gasteiger charge is 2.18. The van der Waals surface area contributed by atoms with Crippen molar-refractivity contribution in [2.45, 2.75) is 38.6 Å². The van der Waals surface area contributed by atoms with E-state index >= 15 is 0 Å². The first-order chi connectivity index (χ1) is 7.77. The molecular weight excluding hydrogens is 224 g/mol. The van der Waals surface area contributed by atoms with Crippen LogP contribution in [0.5, 0.6) is 0 Å². The Labute approximate surface area is 100 Å². The topological polar surface area (TPSA) is 38.7 Å². The van der Waals surface area contributed by atoms with Crippen molar-refractivity contribution in [3.8, 4) is 0 Å². The van der Waals surface area contributed by atoms with Crippen molar-refractivity contribution >= 4 is 11.3 Å². The highest BCUT2D eigenvalue weighted by Crippen LogP contribution is 2.28. The summed E-state index contributed by atoms with van der Waals surface area (Å²) in [6, 6.07) is 2.04. The molecule has 1 aromatic rings. The predicted octanol–water partition coefficient (Wildman–Crippen LogP) is 2.63. The minimum atomic E-state index is -0.380. The zero-order valence-corrected chi connectivity index (χ0v) is 10.3. The number of hydrogen-bond donors (Lipinski definition) is 1. The van der Waals surface area contributed by atoms with Crippen molar-refractivity contribution in [2.75, 3.05) is 13.2 Å². The Kier molecular flexibility index (Phi) is 4.35. The number of aryl methyl sites for hydroxylation is 1. The van der Waals surface area contributed by atoms with Crippen LogP contribution < -0.4 is 0 Å². The highest BCUT2D eigenvalue weighted by atomic mass is 32.1. The van der Waals surface area contributed by atoms with Crippen molar-refractivity contribution in [1.29, 1.82) is 0 Å². The molecule has 0 amide bonds. The average Bonchev–Trinajstić information content (AvgIpc) is 2.74. The van der Waals surface area contributed by atoms with Crippen LogP contribution in [0, 0.1) is 6.92 Å². The summed E-state index contributed by atoms with van der Waals surface area (Å²) >= 11 is 1.61. The van der Waals surface area contributed by atoms with E-state index in [9.17, 15) is 5.11 Å². The molecule has 0 saturated carbocycles. The van der Waals surface area contributed by atoms with Crippen LogP contribution in [0.15, 0.2) is 11.4 Å². The van der Waals surface area contributed by atoms with Gasteiger partial charge >= 0.3 is 0 Å². The van der Waals surface area contributed by atoms with E-state index in [0.717, 1.165) is 30.9 Å². The first kappa shape index (κ1) is 12.0. The Morgan fingerprint density at radius 2 is 2.25 bits per heavy atom. The lowest BCUT2D eigenvalue weighted by Crippen LogP contribution is -2.25. The maximum absolute atomic E-state index is 10.0. The Hall–Kier alpha value is -0.420. The second-order valence-electron chi connectivity index (χ2n) is 4.09. The second kappa shape index (κ2) is 5.77. The number of thiophene rings is 1. The SMILES string of the molecule is Cc1ccsc1[C@@H](O)CCC1OCCCO1. The van der Waals surface area contributed by atoms with Gasteiger partial charge in [-0.1, -0.05) is 0 Å². The van der Waals surface area contributed by atoms with E-state index < -0.39 is 0 Å². The van der Waals surface area contributed by atoms with Gasteiger partial charge in [-0.2, -0.15) is 0 Å². The van der Waals surface area contributed by atoms with E-state index in [4.69, 9.17) is 9.47 Å². The van der Waals surface area contributed by atoms with Crippen molar-refractivity contribution in [3.05, 3.63) is 21.9 Å². The van der Waals surface area contributed by atoms with Gasteiger partial charge < -0.3 is 14.6 Å². The maximum atomic E-state index is 10.0. The quantitative estimate of drug-likeness (QED) is 0.882. The molecule has 0 radical (unpaired) electrons. The molecule has 1 N–H and O–H groups in total. The van der Waals surface area contributed by atoms with Crippen molar-refractivity contribution < 1.29 is 14.6 Å². The molecular formula is C12H18O3S. The van der Waals surface area contributed by atoms with Crippen LogP contribution in [-0.4, -0.2) is 24.6 Å². The molecule has 2 rings (SSSR count). The summed E-state index contributed by atoms with van der Waals surface area (Å²) in [7, 11) is 0. The third kappa shape index (κ3) is 3.04. The van der Waals surface area contributed by atoms with Crippen molar-refractivity contribution in [3.63, 3.8) is 0 Å². The maximum Gasteiger partial charge on any atom is 0.157 e. The second-order valence-corrected chi connectivity index (χ2v) is 5.03. The molecule has 4 heteroatoms. The van der Waals surface area contributed by atoms with Gasteiger partial charge in [-0.25, -0.2) is 0 Å². The van der Waals surface area contributed by atoms with Gasteiger partial charge in [0, 0.05) is 11.3 Å². The van der Waals surface area contributed by atoms with E-state index in [-0.39, 0.29) is 12.4 Å². The van der Waals surface area contributed by atoms with E-state index in [1.165, 1.54) is 5.56 Å². The first-order valence-corrected chi connectivity index (χ1v) is 6.60. The van der Waals surface area contributed by atoms with Crippen LogP contribution in [-0.2, 0) is 9.47 Å². The average molecular weight is 242 g/mol. The summed E-state index contributed by atoms with van der Waals surface area (Å²) in [6.07, 6.45) is 1.94. The lowest BCUT2D eigenvalue weighted by Gasteiger charge is -2.24. The molecule has 0 aromatic carbocycles. The third-order valence-electron chi connectivity index (χ3n) is 2.78. The number of ether oxygens (including phenoxy) is 2. The number of hydrogen-bond acceptors (Lipinski definition) is 4. The molecule has 1 atom stereocenters. The Balaban J connectivity index is 1.79. The van der Waals surface area contributed by atoms with Gasteiger partial charge in [-0.05, 0) is 36.8 Å². The summed E-state index contributed by atoms with van der Waals surface area (Å²) < 4.78 is 10.9. The van der Waals surface area contributed by atoms with E-state index in [0.29, 0.717) is 6.42 Å². The smallest absolute Gasteiger partial charge is 0.157 e. The fraction of sp³-hybridized carbons (Fsp3) is 0.667. The molecule has 0 unspecified atom stereocenters. The van der Waals surface area contributed by atoms with Crippen LogP contribution in [0.1, 0.15) is 35.8 Å². The fourth-order valence-corrected chi connectivity index (χ4v) is 2.80. The summed E-state index contributed by atoms with van der Waals surface area (Å²) in [5.74, 6) is 0. The number of aliphatic hydroxyl groups excluding tert-OH is 1. The van der Waals surface area contributed by atoms with Crippen LogP contribution in [0.25, 0.3) is 0 Å². The zero-order chi connectivity index (χ0) is 11.4.